The molecule has 0 aliphatic carbocycles. The van der Waals surface area contributed by atoms with Gasteiger partial charge in [-0.25, -0.2) is 0 Å². The molecule has 0 saturated carbocycles. The Kier molecular flexibility index (Phi) is 3.80. The third-order valence-corrected chi connectivity index (χ3v) is 5.25. The monoisotopic (exact) mass is 328 g/mol. The Balaban J connectivity index is 1.66. The fourth-order valence-corrected chi connectivity index (χ4v) is 3.82. The van der Waals surface area contributed by atoms with Crippen LogP contribution in [-0.2, 0) is 9.53 Å². The van der Waals surface area contributed by atoms with Crippen molar-refractivity contribution in [2.24, 2.45) is 5.41 Å². The Morgan fingerprint density at radius 3 is 2.71 bits per heavy atom. The van der Waals surface area contributed by atoms with Gasteiger partial charge in [-0.3, -0.25) is 9.78 Å². The fourth-order valence-electron chi connectivity index (χ4n) is 3.82. The van der Waals surface area contributed by atoms with Crippen LogP contribution >= 0.6 is 0 Å². The van der Waals surface area contributed by atoms with Crippen molar-refractivity contribution in [2.45, 2.75) is 25.7 Å². The molecular formula is C17H20N4O3. The molecule has 0 radical (unpaired) electrons. The van der Waals surface area contributed by atoms with Crippen LogP contribution in [-0.4, -0.2) is 52.3 Å². The van der Waals surface area contributed by atoms with Crippen molar-refractivity contribution in [1.82, 2.24) is 20.1 Å². The highest BCUT2D eigenvalue weighted by atomic mass is 16.5. The number of rotatable bonds is 2. The van der Waals surface area contributed by atoms with Gasteiger partial charge in [-0.2, -0.15) is 0 Å². The smallest absolute Gasteiger partial charge is 0.247 e. The van der Waals surface area contributed by atoms with Gasteiger partial charge in [0.15, 0.2) is 0 Å². The summed E-state index contributed by atoms with van der Waals surface area (Å²) in [5, 5.41) is 8.50. The first-order valence-corrected chi connectivity index (χ1v) is 8.25. The summed E-state index contributed by atoms with van der Waals surface area (Å²) in [5.41, 5.74) is 0.831. The second kappa shape index (κ2) is 5.98. The molecule has 1 unspecified atom stereocenters. The predicted molar refractivity (Wildman–Crippen MR) is 85.0 cm³/mol. The summed E-state index contributed by atoms with van der Waals surface area (Å²) >= 11 is 0. The number of ether oxygens (including phenoxy) is 1. The second-order valence-electron chi connectivity index (χ2n) is 6.61. The average molecular weight is 328 g/mol. The van der Waals surface area contributed by atoms with E-state index in [2.05, 4.69) is 15.2 Å². The zero-order chi connectivity index (χ0) is 16.6. The number of hydrogen-bond donors (Lipinski definition) is 0. The molecule has 1 spiro atoms. The van der Waals surface area contributed by atoms with E-state index in [0.29, 0.717) is 31.5 Å². The molecule has 2 aliphatic heterocycles. The standard InChI is InChI=1S/C17H20N4O3/c1-12(22)21-10-14(17(11-21)4-8-23-9-5-17)16-20-19-15(24-16)13-2-6-18-7-3-13/h2-3,6-7,14H,4-5,8-11H2,1H3. The highest BCUT2D eigenvalue weighted by Crippen LogP contribution is 2.49. The average Bonchev–Trinajstić information content (AvgIpc) is 3.22. The largest absolute Gasteiger partial charge is 0.420 e. The Morgan fingerprint density at radius 1 is 1.25 bits per heavy atom. The van der Waals surface area contributed by atoms with E-state index in [1.807, 2.05) is 17.0 Å². The predicted octanol–water partition coefficient (Wildman–Crippen LogP) is 1.87. The van der Waals surface area contributed by atoms with Crippen molar-refractivity contribution in [1.29, 1.82) is 0 Å². The number of hydrogen-bond acceptors (Lipinski definition) is 6. The van der Waals surface area contributed by atoms with Crippen molar-refractivity contribution in [3.8, 4) is 11.5 Å². The Labute approximate surface area is 140 Å². The van der Waals surface area contributed by atoms with E-state index in [9.17, 15) is 4.79 Å². The van der Waals surface area contributed by atoms with Crippen LogP contribution in [0.3, 0.4) is 0 Å². The minimum absolute atomic E-state index is 0.0219. The summed E-state index contributed by atoms with van der Waals surface area (Å²) in [5.74, 6) is 1.27. The van der Waals surface area contributed by atoms with E-state index in [4.69, 9.17) is 9.15 Å². The maximum atomic E-state index is 11.9. The first kappa shape index (κ1) is 15.3. The zero-order valence-corrected chi connectivity index (χ0v) is 13.6. The summed E-state index contributed by atoms with van der Waals surface area (Å²) in [6.07, 6.45) is 5.22. The van der Waals surface area contributed by atoms with Crippen LogP contribution in [0.15, 0.2) is 28.9 Å². The van der Waals surface area contributed by atoms with Crippen molar-refractivity contribution < 1.29 is 13.9 Å². The quantitative estimate of drug-likeness (QED) is 0.837. The van der Waals surface area contributed by atoms with E-state index >= 15 is 0 Å². The molecule has 1 amide bonds. The second-order valence-corrected chi connectivity index (χ2v) is 6.61. The Bertz CT molecular complexity index is 724. The third-order valence-electron chi connectivity index (χ3n) is 5.25. The molecule has 126 valence electrons. The fraction of sp³-hybridized carbons (Fsp3) is 0.529. The molecule has 7 nitrogen and oxygen atoms in total. The molecule has 4 heterocycles. The molecule has 0 aromatic carbocycles. The summed E-state index contributed by atoms with van der Waals surface area (Å²) in [6, 6.07) is 3.69. The SMILES string of the molecule is CC(=O)N1CC(c2nnc(-c3ccncc3)o2)C2(CCOCC2)C1. The van der Waals surface area contributed by atoms with Gasteiger partial charge in [-0.1, -0.05) is 0 Å². The molecule has 4 rings (SSSR count). The highest BCUT2D eigenvalue weighted by molar-refractivity contribution is 5.73. The molecular weight excluding hydrogens is 308 g/mol. The van der Waals surface area contributed by atoms with Gasteiger partial charge in [0.25, 0.3) is 0 Å². The topological polar surface area (TPSA) is 81.4 Å². The molecule has 2 aromatic heterocycles. The van der Waals surface area contributed by atoms with E-state index in [-0.39, 0.29) is 17.2 Å². The molecule has 0 N–H and O–H groups in total. The minimum Gasteiger partial charge on any atom is -0.420 e. The Hall–Kier alpha value is -2.28. The summed E-state index contributed by atoms with van der Waals surface area (Å²) in [6.45, 7) is 4.42. The number of carbonyl (C=O) groups excluding carboxylic acids is 1. The number of aromatic nitrogens is 3. The lowest BCUT2D eigenvalue weighted by Crippen LogP contribution is -2.36. The van der Waals surface area contributed by atoms with Gasteiger partial charge in [0, 0.05) is 56.6 Å². The molecule has 2 fully saturated rings. The van der Waals surface area contributed by atoms with E-state index in [1.165, 1.54) is 0 Å². The lowest BCUT2D eigenvalue weighted by atomic mass is 9.72. The summed E-state index contributed by atoms with van der Waals surface area (Å²) < 4.78 is 11.5. The normalized spacial score (nSPS) is 22.9. The number of nitrogens with zero attached hydrogens (tertiary/aromatic N) is 4. The van der Waals surface area contributed by atoms with Gasteiger partial charge >= 0.3 is 0 Å². The molecule has 2 saturated heterocycles. The van der Waals surface area contributed by atoms with Crippen molar-refractivity contribution in [3.05, 3.63) is 30.4 Å². The molecule has 2 aromatic rings. The van der Waals surface area contributed by atoms with Crippen molar-refractivity contribution >= 4 is 5.91 Å². The number of likely N-dealkylation sites (tertiary alicyclic amines) is 1. The van der Waals surface area contributed by atoms with Gasteiger partial charge in [0.1, 0.15) is 0 Å². The minimum atomic E-state index is -0.0219. The van der Waals surface area contributed by atoms with E-state index in [1.54, 1.807) is 19.3 Å². The Morgan fingerprint density at radius 2 is 2.00 bits per heavy atom. The molecule has 7 heteroatoms. The molecule has 2 aliphatic rings. The van der Waals surface area contributed by atoms with Crippen LogP contribution in [0.5, 0.6) is 0 Å². The van der Waals surface area contributed by atoms with E-state index < -0.39 is 0 Å². The first-order valence-electron chi connectivity index (χ1n) is 8.25. The van der Waals surface area contributed by atoms with Gasteiger partial charge in [-0.15, -0.1) is 10.2 Å². The molecule has 0 bridgehead atoms. The summed E-state index contributed by atoms with van der Waals surface area (Å²) in [4.78, 5) is 17.8. The zero-order valence-electron chi connectivity index (χ0n) is 13.6. The lowest BCUT2D eigenvalue weighted by Gasteiger charge is -2.36. The van der Waals surface area contributed by atoms with Crippen LogP contribution in [0.25, 0.3) is 11.5 Å². The number of carbonyl (C=O) groups is 1. The van der Waals surface area contributed by atoms with Gasteiger partial charge in [-0.05, 0) is 25.0 Å². The molecule has 24 heavy (non-hydrogen) atoms. The van der Waals surface area contributed by atoms with Crippen LogP contribution in [0, 0.1) is 5.41 Å². The van der Waals surface area contributed by atoms with Gasteiger partial charge in [0.05, 0.1) is 5.92 Å². The maximum absolute atomic E-state index is 11.9. The van der Waals surface area contributed by atoms with E-state index in [0.717, 1.165) is 24.9 Å². The lowest BCUT2D eigenvalue weighted by molar-refractivity contribution is -0.128. The van der Waals surface area contributed by atoms with Crippen LogP contribution in [0.4, 0.5) is 0 Å². The third kappa shape index (κ3) is 2.58. The van der Waals surface area contributed by atoms with Crippen molar-refractivity contribution in [2.75, 3.05) is 26.3 Å². The van der Waals surface area contributed by atoms with Crippen LogP contribution in [0.2, 0.25) is 0 Å². The number of pyridine rings is 1. The maximum Gasteiger partial charge on any atom is 0.247 e. The first-order chi connectivity index (χ1) is 11.7. The van der Waals surface area contributed by atoms with Gasteiger partial charge < -0.3 is 14.1 Å². The van der Waals surface area contributed by atoms with Crippen molar-refractivity contribution in [3.63, 3.8) is 0 Å². The highest BCUT2D eigenvalue weighted by Gasteiger charge is 2.51. The molecule has 1 atom stereocenters. The van der Waals surface area contributed by atoms with Gasteiger partial charge in [0.2, 0.25) is 17.7 Å². The van der Waals surface area contributed by atoms with Crippen LogP contribution in [0.1, 0.15) is 31.6 Å². The number of amides is 1. The summed E-state index contributed by atoms with van der Waals surface area (Å²) in [7, 11) is 0. The van der Waals surface area contributed by atoms with Crippen LogP contribution < -0.4 is 0 Å².